The lowest BCUT2D eigenvalue weighted by Gasteiger charge is -2.13. The molecule has 23 heavy (non-hydrogen) atoms. The van der Waals surface area contributed by atoms with Crippen molar-refractivity contribution >= 4 is 17.2 Å². The summed E-state index contributed by atoms with van der Waals surface area (Å²) in [7, 11) is 1.61. The number of carbonyl (C=O) groups excluding carboxylic acids is 1. The molecule has 1 aromatic carbocycles. The predicted octanol–water partition coefficient (Wildman–Crippen LogP) is 2.96. The molecule has 0 radical (unpaired) electrons. The van der Waals surface area contributed by atoms with Gasteiger partial charge in [-0.2, -0.15) is 0 Å². The third-order valence-corrected chi connectivity index (χ3v) is 4.30. The van der Waals surface area contributed by atoms with E-state index in [0.29, 0.717) is 18.7 Å². The van der Waals surface area contributed by atoms with Gasteiger partial charge in [0.15, 0.2) is 0 Å². The van der Waals surface area contributed by atoms with Crippen molar-refractivity contribution in [3.63, 3.8) is 0 Å². The standard InChI is InChI=1S/C17H22N2O3S/c1-11(8-12(2)20)9-18-16(21)14-10-23-17(19-14)13-6-4-5-7-15(13)22-3/h4-7,10-12,20H,8-9H2,1-3H3,(H,18,21). The zero-order chi connectivity index (χ0) is 16.8. The first-order valence-electron chi connectivity index (χ1n) is 7.56. The summed E-state index contributed by atoms with van der Waals surface area (Å²) in [6.07, 6.45) is 0.294. The first-order chi connectivity index (χ1) is 11.0. The fourth-order valence-electron chi connectivity index (χ4n) is 2.35. The number of para-hydroxylation sites is 1. The molecule has 2 unspecified atom stereocenters. The van der Waals surface area contributed by atoms with E-state index in [-0.39, 0.29) is 17.9 Å². The third kappa shape index (κ3) is 4.77. The van der Waals surface area contributed by atoms with Crippen LogP contribution in [0.2, 0.25) is 0 Å². The number of methoxy groups -OCH3 is 1. The lowest BCUT2D eigenvalue weighted by atomic mass is 10.0. The lowest BCUT2D eigenvalue weighted by molar-refractivity contribution is 0.0935. The van der Waals surface area contributed by atoms with Crippen LogP contribution in [0.5, 0.6) is 5.75 Å². The summed E-state index contributed by atoms with van der Waals surface area (Å²) in [5, 5.41) is 14.7. The quantitative estimate of drug-likeness (QED) is 0.816. The van der Waals surface area contributed by atoms with Crippen LogP contribution >= 0.6 is 11.3 Å². The number of aromatic nitrogens is 1. The van der Waals surface area contributed by atoms with Gasteiger partial charge in [0, 0.05) is 11.9 Å². The van der Waals surface area contributed by atoms with Crippen LogP contribution in [0.3, 0.4) is 0 Å². The van der Waals surface area contributed by atoms with Crippen molar-refractivity contribution in [2.24, 2.45) is 5.92 Å². The van der Waals surface area contributed by atoms with Crippen LogP contribution in [0.4, 0.5) is 0 Å². The van der Waals surface area contributed by atoms with Gasteiger partial charge in [-0.1, -0.05) is 19.1 Å². The van der Waals surface area contributed by atoms with E-state index in [0.717, 1.165) is 16.3 Å². The Bertz CT molecular complexity index is 655. The number of hydrogen-bond acceptors (Lipinski definition) is 5. The van der Waals surface area contributed by atoms with Gasteiger partial charge in [-0.3, -0.25) is 4.79 Å². The molecule has 0 bridgehead atoms. The van der Waals surface area contributed by atoms with Gasteiger partial charge in [-0.15, -0.1) is 11.3 Å². The molecule has 6 heteroatoms. The molecule has 0 aliphatic rings. The summed E-state index contributed by atoms with van der Waals surface area (Å²) in [5.41, 5.74) is 1.28. The number of rotatable bonds is 7. The van der Waals surface area contributed by atoms with E-state index in [2.05, 4.69) is 10.3 Å². The number of nitrogens with zero attached hydrogens (tertiary/aromatic N) is 1. The monoisotopic (exact) mass is 334 g/mol. The van der Waals surface area contributed by atoms with E-state index >= 15 is 0 Å². The maximum Gasteiger partial charge on any atom is 0.270 e. The number of carbonyl (C=O) groups is 1. The summed E-state index contributed by atoms with van der Waals surface area (Å²) >= 11 is 1.41. The number of aliphatic hydroxyl groups is 1. The molecule has 0 aliphatic heterocycles. The van der Waals surface area contributed by atoms with Crippen LogP contribution in [0.25, 0.3) is 10.6 Å². The Balaban J connectivity index is 2.03. The van der Waals surface area contributed by atoms with Crippen LogP contribution in [0.15, 0.2) is 29.6 Å². The number of thiazole rings is 1. The smallest absolute Gasteiger partial charge is 0.270 e. The maximum atomic E-state index is 12.2. The molecule has 2 rings (SSSR count). The summed E-state index contributed by atoms with van der Waals surface area (Å²) < 4.78 is 5.33. The molecule has 1 amide bonds. The van der Waals surface area contributed by atoms with Crippen molar-refractivity contribution in [3.05, 3.63) is 35.3 Å². The number of ether oxygens (including phenoxy) is 1. The second-order valence-electron chi connectivity index (χ2n) is 5.64. The van der Waals surface area contributed by atoms with E-state index in [9.17, 15) is 9.90 Å². The molecule has 1 aromatic heterocycles. The molecule has 0 aliphatic carbocycles. The summed E-state index contributed by atoms with van der Waals surface area (Å²) in [4.78, 5) is 16.6. The number of nitrogens with one attached hydrogen (secondary N) is 1. The molecule has 0 fully saturated rings. The molecule has 124 valence electrons. The van der Waals surface area contributed by atoms with Gasteiger partial charge in [0.25, 0.3) is 5.91 Å². The summed E-state index contributed by atoms with van der Waals surface area (Å²) in [6.45, 7) is 4.26. The van der Waals surface area contributed by atoms with E-state index in [1.54, 1.807) is 19.4 Å². The van der Waals surface area contributed by atoms with E-state index in [4.69, 9.17) is 4.74 Å². The summed E-state index contributed by atoms with van der Waals surface area (Å²) in [6, 6.07) is 7.60. The zero-order valence-electron chi connectivity index (χ0n) is 13.6. The van der Waals surface area contributed by atoms with Gasteiger partial charge in [-0.25, -0.2) is 4.98 Å². The van der Waals surface area contributed by atoms with Gasteiger partial charge in [0.2, 0.25) is 0 Å². The molecule has 0 spiro atoms. The number of benzene rings is 1. The van der Waals surface area contributed by atoms with E-state index in [1.165, 1.54) is 11.3 Å². The molecule has 2 atom stereocenters. The van der Waals surface area contributed by atoms with Gasteiger partial charge >= 0.3 is 0 Å². The van der Waals surface area contributed by atoms with Gasteiger partial charge < -0.3 is 15.2 Å². The minimum atomic E-state index is -0.363. The lowest BCUT2D eigenvalue weighted by Crippen LogP contribution is -2.29. The molecule has 1 heterocycles. The van der Waals surface area contributed by atoms with Crippen molar-refractivity contribution < 1.29 is 14.6 Å². The van der Waals surface area contributed by atoms with Crippen molar-refractivity contribution in [2.75, 3.05) is 13.7 Å². The van der Waals surface area contributed by atoms with Crippen LogP contribution in [-0.4, -0.2) is 35.8 Å². The second kappa shape index (κ2) is 8.08. The number of aliphatic hydroxyl groups excluding tert-OH is 1. The Kier molecular flexibility index (Phi) is 6.12. The average molecular weight is 334 g/mol. The summed E-state index contributed by atoms with van der Waals surface area (Å²) in [5.74, 6) is 0.755. The largest absolute Gasteiger partial charge is 0.496 e. The Labute approximate surface area is 140 Å². The highest BCUT2D eigenvalue weighted by Gasteiger charge is 2.15. The highest BCUT2D eigenvalue weighted by molar-refractivity contribution is 7.13. The molecule has 5 nitrogen and oxygen atoms in total. The molecule has 2 aromatic rings. The normalized spacial score (nSPS) is 13.4. The average Bonchev–Trinajstić information content (AvgIpc) is 3.01. The Morgan fingerprint density at radius 3 is 2.83 bits per heavy atom. The van der Waals surface area contributed by atoms with Crippen LogP contribution in [0, 0.1) is 5.92 Å². The maximum absolute atomic E-state index is 12.2. The van der Waals surface area contributed by atoms with Gasteiger partial charge in [0.1, 0.15) is 16.5 Å². The second-order valence-corrected chi connectivity index (χ2v) is 6.50. The highest BCUT2D eigenvalue weighted by atomic mass is 32.1. The molecule has 2 N–H and O–H groups in total. The van der Waals surface area contributed by atoms with E-state index < -0.39 is 0 Å². The number of amides is 1. The Morgan fingerprint density at radius 2 is 2.13 bits per heavy atom. The van der Waals surface area contributed by atoms with Crippen LogP contribution < -0.4 is 10.1 Å². The molecule has 0 saturated carbocycles. The fraction of sp³-hybridized carbons (Fsp3) is 0.412. The fourth-order valence-corrected chi connectivity index (χ4v) is 3.18. The first kappa shape index (κ1) is 17.4. The van der Waals surface area contributed by atoms with E-state index in [1.807, 2.05) is 31.2 Å². The zero-order valence-corrected chi connectivity index (χ0v) is 14.4. The molecular formula is C17H22N2O3S. The highest BCUT2D eigenvalue weighted by Crippen LogP contribution is 2.31. The van der Waals surface area contributed by atoms with Crippen molar-refractivity contribution in [2.45, 2.75) is 26.4 Å². The number of hydrogen-bond donors (Lipinski definition) is 2. The van der Waals surface area contributed by atoms with Gasteiger partial charge in [0.05, 0.1) is 18.8 Å². The Hall–Kier alpha value is -1.92. The van der Waals surface area contributed by atoms with Crippen molar-refractivity contribution in [1.82, 2.24) is 10.3 Å². The van der Waals surface area contributed by atoms with Crippen molar-refractivity contribution in [1.29, 1.82) is 0 Å². The Morgan fingerprint density at radius 1 is 1.39 bits per heavy atom. The third-order valence-electron chi connectivity index (χ3n) is 3.43. The SMILES string of the molecule is COc1ccccc1-c1nc(C(=O)NCC(C)CC(C)O)cs1. The molecular weight excluding hydrogens is 312 g/mol. The van der Waals surface area contributed by atoms with Crippen LogP contribution in [-0.2, 0) is 0 Å². The van der Waals surface area contributed by atoms with Crippen LogP contribution in [0.1, 0.15) is 30.8 Å². The van der Waals surface area contributed by atoms with Gasteiger partial charge in [-0.05, 0) is 31.4 Å². The predicted molar refractivity (Wildman–Crippen MR) is 91.9 cm³/mol. The minimum Gasteiger partial charge on any atom is -0.496 e. The van der Waals surface area contributed by atoms with Crippen molar-refractivity contribution in [3.8, 4) is 16.3 Å². The topological polar surface area (TPSA) is 71.5 Å². The minimum absolute atomic E-state index is 0.195. The molecule has 0 saturated heterocycles. The first-order valence-corrected chi connectivity index (χ1v) is 8.44.